The van der Waals surface area contributed by atoms with Crippen molar-refractivity contribution in [3.05, 3.63) is 76.4 Å². The standard InChI is InChI=1S/C21H19FO4/c1-4-10-24-18-12-19-16(11-13(18)3)20(23)21(17(5-2)26-19)25-15-8-6-14(22)7-9-15/h4,6-9,11-12H,1,5,10H2,2-3H3. The number of benzene rings is 2. The first-order valence-electron chi connectivity index (χ1n) is 8.31. The van der Waals surface area contributed by atoms with Gasteiger partial charge in [-0.15, -0.1) is 0 Å². The van der Waals surface area contributed by atoms with Crippen molar-refractivity contribution in [1.82, 2.24) is 0 Å². The topological polar surface area (TPSA) is 48.7 Å². The highest BCUT2D eigenvalue weighted by Gasteiger charge is 2.17. The highest BCUT2D eigenvalue weighted by atomic mass is 19.1. The lowest BCUT2D eigenvalue weighted by atomic mass is 10.1. The van der Waals surface area contributed by atoms with Gasteiger partial charge in [0.15, 0.2) is 5.76 Å². The van der Waals surface area contributed by atoms with Gasteiger partial charge in [-0.1, -0.05) is 19.6 Å². The SMILES string of the molecule is C=CCOc1cc2oc(CC)c(Oc3ccc(F)cc3)c(=O)c2cc1C. The summed E-state index contributed by atoms with van der Waals surface area (Å²) in [5.74, 6) is 1.17. The normalized spacial score (nSPS) is 10.7. The van der Waals surface area contributed by atoms with Gasteiger partial charge in [0.2, 0.25) is 11.2 Å². The molecule has 26 heavy (non-hydrogen) atoms. The summed E-state index contributed by atoms with van der Waals surface area (Å²) in [6.07, 6.45) is 2.12. The molecule has 5 heteroatoms. The van der Waals surface area contributed by atoms with Crippen LogP contribution < -0.4 is 14.9 Å². The zero-order chi connectivity index (χ0) is 18.7. The molecule has 0 amide bonds. The van der Waals surface area contributed by atoms with E-state index in [4.69, 9.17) is 13.9 Å². The van der Waals surface area contributed by atoms with Crippen molar-refractivity contribution in [2.75, 3.05) is 6.61 Å². The highest BCUT2D eigenvalue weighted by molar-refractivity contribution is 5.81. The maximum absolute atomic E-state index is 13.1. The minimum absolute atomic E-state index is 0.116. The number of ether oxygens (including phenoxy) is 2. The average Bonchev–Trinajstić information content (AvgIpc) is 2.64. The first-order valence-corrected chi connectivity index (χ1v) is 8.31. The van der Waals surface area contributed by atoms with Crippen molar-refractivity contribution in [2.45, 2.75) is 20.3 Å². The molecule has 134 valence electrons. The molecule has 0 radical (unpaired) electrons. The smallest absolute Gasteiger partial charge is 0.235 e. The minimum atomic E-state index is -0.374. The van der Waals surface area contributed by atoms with Crippen molar-refractivity contribution in [3.63, 3.8) is 0 Å². The van der Waals surface area contributed by atoms with Crippen molar-refractivity contribution in [2.24, 2.45) is 0 Å². The number of fused-ring (bicyclic) bond motifs is 1. The van der Waals surface area contributed by atoms with E-state index >= 15 is 0 Å². The third kappa shape index (κ3) is 3.47. The Labute approximate surface area is 150 Å². The lowest BCUT2D eigenvalue weighted by Gasteiger charge is -2.12. The summed E-state index contributed by atoms with van der Waals surface area (Å²) in [7, 11) is 0. The Hall–Kier alpha value is -3.08. The molecule has 2 aromatic carbocycles. The van der Waals surface area contributed by atoms with Gasteiger partial charge in [0.1, 0.15) is 29.5 Å². The van der Waals surface area contributed by atoms with Crippen molar-refractivity contribution in [1.29, 1.82) is 0 Å². The van der Waals surface area contributed by atoms with Crippen LogP contribution in [0.25, 0.3) is 11.0 Å². The molecule has 0 saturated carbocycles. The minimum Gasteiger partial charge on any atom is -0.489 e. The van der Waals surface area contributed by atoms with Gasteiger partial charge in [-0.05, 0) is 42.8 Å². The molecule has 0 aliphatic heterocycles. The molecule has 0 fully saturated rings. The fraction of sp³-hybridized carbons (Fsp3) is 0.190. The van der Waals surface area contributed by atoms with E-state index in [1.165, 1.54) is 24.3 Å². The van der Waals surface area contributed by atoms with Crippen LogP contribution in [0.4, 0.5) is 4.39 Å². The Morgan fingerprint density at radius 1 is 1.23 bits per heavy atom. The zero-order valence-corrected chi connectivity index (χ0v) is 14.7. The second-order valence-electron chi connectivity index (χ2n) is 5.81. The molecule has 0 spiro atoms. The Kier molecular flexibility index (Phi) is 5.07. The molecule has 0 bridgehead atoms. The fourth-order valence-electron chi connectivity index (χ4n) is 2.62. The third-order valence-corrected chi connectivity index (χ3v) is 3.93. The maximum Gasteiger partial charge on any atom is 0.235 e. The molecule has 0 saturated heterocycles. The van der Waals surface area contributed by atoms with Gasteiger partial charge in [0.25, 0.3) is 0 Å². The van der Waals surface area contributed by atoms with E-state index in [2.05, 4.69) is 6.58 Å². The predicted molar refractivity (Wildman–Crippen MR) is 98.8 cm³/mol. The Morgan fingerprint density at radius 2 is 1.96 bits per heavy atom. The van der Waals surface area contributed by atoms with Gasteiger partial charge in [-0.25, -0.2) is 4.39 Å². The van der Waals surface area contributed by atoms with Gasteiger partial charge in [0.05, 0.1) is 5.39 Å². The quantitative estimate of drug-likeness (QED) is 0.574. The van der Waals surface area contributed by atoms with Crippen molar-refractivity contribution < 1.29 is 18.3 Å². The summed E-state index contributed by atoms with van der Waals surface area (Å²) in [5.41, 5.74) is 0.970. The van der Waals surface area contributed by atoms with Crippen LogP contribution in [0, 0.1) is 12.7 Å². The summed E-state index contributed by atoms with van der Waals surface area (Å²) >= 11 is 0. The second-order valence-corrected chi connectivity index (χ2v) is 5.81. The van der Waals surface area contributed by atoms with Crippen molar-refractivity contribution >= 4 is 11.0 Å². The average molecular weight is 354 g/mol. The Bertz CT molecular complexity index is 1000. The van der Waals surface area contributed by atoms with Crippen LogP contribution in [0.3, 0.4) is 0 Å². The predicted octanol–water partition coefficient (Wildman–Crippen LogP) is 5.16. The van der Waals surface area contributed by atoms with E-state index in [1.54, 1.807) is 18.2 Å². The van der Waals surface area contributed by atoms with E-state index in [0.29, 0.717) is 41.3 Å². The van der Waals surface area contributed by atoms with Gasteiger partial charge >= 0.3 is 0 Å². The van der Waals surface area contributed by atoms with Crippen LogP contribution >= 0.6 is 0 Å². The van der Waals surface area contributed by atoms with Gasteiger partial charge < -0.3 is 13.9 Å². The monoisotopic (exact) mass is 354 g/mol. The van der Waals surface area contributed by atoms with E-state index in [0.717, 1.165) is 5.56 Å². The van der Waals surface area contributed by atoms with Gasteiger partial charge in [-0.3, -0.25) is 4.79 Å². The lowest BCUT2D eigenvalue weighted by Crippen LogP contribution is -2.09. The molecule has 0 aliphatic carbocycles. The summed E-state index contributed by atoms with van der Waals surface area (Å²) in [5, 5.41) is 0.405. The third-order valence-electron chi connectivity index (χ3n) is 3.93. The summed E-state index contributed by atoms with van der Waals surface area (Å²) in [6.45, 7) is 7.71. The molecule has 4 nitrogen and oxygen atoms in total. The molecule has 0 N–H and O–H groups in total. The summed E-state index contributed by atoms with van der Waals surface area (Å²) in [4.78, 5) is 12.9. The molecular formula is C21H19FO4. The summed E-state index contributed by atoms with van der Waals surface area (Å²) < 4.78 is 30.3. The molecule has 0 aliphatic rings. The first kappa shape index (κ1) is 17.7. The number of hydrogen-bond donors (Lipinski definition) is 0. The molecule has 1 aromatic heterocycles. The largest absolute Gasteiger partial charge is 0.489 e. The number of halogens is 1. The van der Waals surface area contributed by atoms with Crippen LogP contribution in [0.15, 0.2) is 58.3 Å². The number of aryl methyl sites for hydroxylation is 2. The van der Waals surface area contributed by atoms with Crippen molar-refractivity contribution in [3.8, 4) is 17.2 Å². The van der Waals surface area contributed by atoms with E-state index in [-0.39, 0.29) is 17.0 Å². The van der Waals surface area contributed by atoms with E-state index in [9.17, 15) is 9.18 Å². The molecule has 1 heterocycles. The number of hydrogen-bond acceptors (Lipinski definition) is 4. The van der Waals surface area contributed by atoms with Gasteiger partial charge in [-0.2, -0.15) is 0 Å². The van der Waals surface area contributed by atoms with E-state index < -0.39 is 0 Å². The first-order chi connectivity index (χ1) is 12.5. The Balaban J connectivity index is 2.11. The van der Waals surface area contributed by atoms with E-state index in [1.807, 2.05) is 13.8 Å². The van der Waals surface area contributed by atoms with Crippen LogP contribution in [0.1, 0.15) is 18.2 Å². The molecule has 3 aromatic rings. The van der Waals surface area contributed by atoms with Crippen LogP contribution in [-0.2, 0) is 6.42 Å². The zero-order valence-electron chi connectivity index (χ0n) is 14.7. The van der Waals surface area contributed by atoms with Crippen LogP contribution in [-0.4, -0.2) is 6.61 Å². The fourth-order valence-corrected chi connectivity index (χ4v) is 2.62. The Morgan fingerprint density at radius 3 is 2.62 bits per heavy atom. The lowest BCUT2D eigenvalue weighted by molar-refractivity contribution is 0.360. The molecular weight excluding hydrogens is 335 g/mol. The highest BCUT2D eigenvalue weighted by Crippen LogP contribution is 2.30. The molecule has 3 rings (SSSR count). The number of rotatable bonds is 6. The van der Waals surface area contributed by atoms with Gasteiger partial charge in [0, 0.05) is 12.5 Å². The summed E-state index contributed by atoms with van der Waals surface area (Å²) in [6, 6.07) is 8.91. The maximum atomic E-state index is 13.1. The molecule has 0 atom stereocenters. The van der Waals surface area contributed by atoms with Crippen LogP contribution in [0.5, 0.6) is 17.2 Å². The molecule has 0 unspecified atom stereocenters. The van der Waals surface area contributed by atoms with Crippen LogP contribution in [0.2, 0.25) is 0 Å². The second kappa shape index (κ2) is 7.44.